The minimum Gasteiger partial charge on any atom is -0.469 e. The van der Waals surface area contributed by atoms with E-state index in [-0.39, 0.29) is 55.8 Å². The van der Waals surface area contributed by atoms with Gasteiger partial charge in [-0.25, -0.2) is 9.59 Å². The number of anilines is 1. The zero-order valence-corrected chi connectivity index (χ0v) is 43.1. The zero-order valence-electron chi connectivity index (χ0n) is 43.1. The topological polar surface area (TPSA) is 223 Å². The molecule has 4 aliphatic rings. The summed E-state index contributed by atoms with van der Waals surface area (Å²) in [6.07, 6.45) is 3.32. The van der Waals surface area contributed by atoms with E-state index >= 15 is 0 Å². The molecule has 17 heteroatoms. The number of allylic oxidation sites excluding steroid dienone is 4. The minimum atomic E-state index is -2.55. The molecule has 3 aliphatic heterocycles. The van der Waals surface area contributed by atoms with Crippen molar-refractivity contribution in [2.75, 3.05) is 40.3 Å². The van der Waals surface area contributed by atoms with Crippen LogP contribution in [0.5, 0.6) is 0 Å². The first kappa shape index (κ1) is 57.1. The van der Waals surface area contributed by atoms with E-state index in [0.29, 0.717) is 62.6 Å². The van der Waals surface area contributed by atoms with Crippen LogP contribution in [0.2, 0.25) is 0 Å². The van der Waals surface area contributed by atoms with E-state index in [9.17, 15) is 39.0 Å². The van der Waals surface area contributed by atoms with Crippen LogP contribution in [-0.2, 0) is 63.6 Å². The number of benzene rings is 1. The van der Waals surface area contributed by atoms with Crippen LogP contribution in [0.1, 0.15) is 111 Å². The molecule has 1 aromatic carbocycles. The van der Waals surface area contributed by atoms with Gasteiger partial charge in [0.1, 0.15) is 30.1 Å². The van der Waals surface area contributed by atoms with Crippen molar-refractivity contribution < 1.29 is 72.1 Å². The number of fused-ring (bicyclic) bond motifs is 3. The number of carbonyl (C=O) groups excluding carboxylic acids is 6. The molecule has 394 valence electrons. The van der Waals surface area contributed by atoms with E-state index in [1.807, 2.05) is 26.0 Å². The highest BCUT2D eigenvalue weighted by Crippen LogP contribution is 2.39. The predicted molar refractivity (Wildman–Crippen MR) is 263 cm³/mol. The van der Waals surface area contributed by atoms with Crippen LogP contribution in [0.4, 0.5) is 10.5 Å². The Morgan fingerprint density at radius 3 is 2.23 bits per heavy atom. The number of nitrogens with one attached hydrogen (secondary N) is 1. The number of nitrogens with zero attached hydrogens (tertiary/aromatic N) is 1. The van der Waals surface area contributed by atoms with Gasteiger partial charge < -0.3 is 48.3 Å². The quantitative estimate of drug-likeness (QED) is 0.0919. The Labute approximate surface area is 419 Å². The van der Waals surface area contributed by atoms with Gasteiger partial charge in [0, 0.05) is 57.7 Å². The number of amides is 2. The molecule has 2 amide bonds. The molecular formula is C54H78N2O15. The van der Waals surface area contributed by atoms with Gasteiger partial charge in [0.15, 0.2) is 0 Å². The minimum absolute atomic E-state index is 0.0220. The molecule has 14 atom stereocenters. The van der Waals surface area contributed by atoms with Crippen molar-refractivity contribution in [2.24, 2.45) is 29.6 Å². The Morgan fingerprint density at radius 1 is 0.901 bits per heavy atom. The standard InChI is InChI=1S/C54H78N2O15/c1-11-14-38-24-31(2)23-32(3)25-45(66-8)49-46(67-9)27-34(5)54(64,71-49)50(60)51(61)56-22-13-12-15-40(56)52(62)70-48(35(6)41(57)30-42(38)58)33(4)26-37-18-21-43(44(28-37)65-7)69-53(63)55-39-19-16-36(17-20-39)29-47(59)68-10/h11,16-17,19-20,24,26,32,34-35,37-38,40-41,43-46,48-49,57,64H,1,12-15,18,21-23,25,27-30H2,2-10H3,(H,55,63)/b31-24+,33-26+/t32-,34+,35+,37-,38+,40-,41-,43+,44+,45-,46-,48+,49+,54+/m0/s1. The van der Waals surface area contributed by atoms with Crippen LogP contribution in [0.25, 0.3) is 0 Å². The number of Topliss-reactive ketones (excluding diaryl/α,β-unsaturated/α-hetero) is 2. The molecule has 0 unspecified atom stereocenters. The van der Waals surface area contributed by atoms with E-state index < -0.39 is 96.1 Å². The Morgan fingerprint density at radius 2 is 1.58 bits per heavy atom. The van der Waals surface area contributed by atoms with Gasteiger partial charge in [-0.3, -0.25) is 24.5 Å². The summed E-state index contributed by atoms with van der Waals surface area (Å²) in [5.74, 6) is -8.64. The third-order valence-corrected chi connectivity index (χ3v) is 14.9. The van der Waals surface area contributed by atoms with Crippen molar-refractivity contribution in [3.8, 4) is 0 Å². The van der Waals surface area contributed by atoms with Crippen LogP contribution < -0.4 is 5.32 Å². The van der Waals surface area contributed by atoms with E-state index in [2.05, 4.69) is 11.9 Å². The number of cyclic esters (lactones) is 1. The molecule has 3 N–H and O–H groups in total. The molecule has 2 saturated heterocycles. The molecule has 2 bridgehead atoms. The van der Waals surface area contributed by atoms with Crippen molar-refractivity contribution in [3.05, 3.63) is 65.8 Å². The third kappa shape index (κ3) is 14.7. The second-order valence-electron chi connectivity index (χ2n) is 20.2. The maximum Gasteiger partial charge on any atom is 0.411 e. The normalized spacial score (nSPS) is 34.9. The first-order valence-electron chi connectivity index (χ1n) is 25.1. The van der Waals surface area contributed by atoms with Gasteiger partial charge in [0.25, 0.3) is 11.7 Å². The molecule has 3 heterocycles. The lowest BCUT2D eigenvalue weighted by Crippen LogP contribution is -2.64. The average molecular weight is 995 g/mol. The number of rotatable bonds is 11. The van der Waals surface area contributed by atoms with E-state index in [1.54, 1.807) is 51.1 Å². The van der Waals surface area contributed by atoms with Gasteiger partial charge in [-0.1, -0.05) is 56.7 Å². The van der Waals surface area contributed by atoms with E-state index in [1.165, 1.54) is 28.4 Å². The Kier molecular flexibility index (Phi) is 21.1. The summed E-state index contributed by atoms with van der Waals surface area (Å²) < 4.78 is 40.8. The Hall–Kier alpha value is -4.78. The summed E-state index contributed by atoms with van der Waals surface area (Å²) in [6, 6.07) is 5.55. The molecular weight excluding hydrogens is 917 g/mol. The number of methoxy groups -OCH3 is 4. The number of hydrogen-bond donors (Lipinski definition) is 3. The fourth-order valence-electron chi connectivity index (χ4n) is 10.8. The number of ketones is 2. The summed E-state index contributed by atoms with van der Waals surface area (Å²) in [7, 11) is 5.89. The SMILES string of the molecule is C=CC[C@@H]1/C=C(\C)C[C@H](C)C[C@H](OC)[C@H]2O[C@@](O)(C(=O)C(=O)N3CCCC[C@H]3C(=O)O[C@H](/C(C)=C/[C@@H]3CC[C@@H](OC(=O)Nc4ccc(CC(=O)OC)cc4)[C@H](OC)C3)[C@H](C)[C@@H](O)CC1=O)[C@H](C)C[C@@H]2OC. The van der Waals surface area contributed by atoms with Crippen molar-refractivity contribution >= 4 is 41.2 Å². The number of carbonyl (C=O) groups is 6. The van der Waals surface area contributed by atoms with Gasteiger partial charge in [-0.2, -0.15) is 0 Å². The maximum absolute atomic E-state index is 14.6. The number of hydrogen-bond acceptors (Lipinski definition) is 15. The van der Waals surface area contributed by atoms with Crippen LogP contribution >= 0.6 is 0 Å². The lowest BCUT2D eigenvalue weighted by Gasteiger charge is -2.47. The number of aliphatic hydroxyl groups is 2. The van der Waals surface area contributed by atoms with Gasteiger partial charge in [-0.15, -0.1) is 6.58 Å². The van der Waals surface area contributed by atoms with Gasteiger partial charge >= 0.3 is 18.0 Å². The van der Waals surface area contributed by atoms with Crippen molar-refractivity contribution in [2.45, 2.75) is 166 Å². The molecule has 3 fully saturated rings. The van der Waals surface area contributed by atoms with Crippen molar-refractivity contribution in [1.29, 1.82) is 0 Å². The summed E-state index contributed by atoms with van der Waals surface area (Å²) in [6.45, 7) is 13.0. The fraction of sp³-hybridized carbons (Fsp3) is 0.667. The van der Waals surface area contributed by atoms with Crippen LogP contribution in [0.15, 0.2) is 60.2 Å². The average Bonchev–Trinajstić information content (AvgIpc) is 3.35. The third-order valence-electron chi connectivity index (χ3n) is 14.9. The summed E-state index contributed by atoms with van der Waals surface area (Å²) in [5.41, 5.74) is 2.72. The summed E-state index contributed by atoms with van der Waals surface area (Å²) in [4.78, 5) is 83.3. The van der Waals surface area contributed by atoms with Gasteiger partial charge in [-0.05, 0) is 113 Å². The van der Waals surface area contributed by atoms with E-state index in [4.69, 9.17) is 33.2 Å². The molecule has 1 aliphatic carbocycles. The smallest absolute Gasteiger partial charge is 0.411 e. The highest BCUT2D eigenvalue weighted by atomic mass is 16.7. The first-order chi connectivity index (χ1) is 33.8. The molecule has 0 radical (unpaired) electrons. The number of ether oxygens (including phenoxy) is 7. The maximum atomic E-state index is 14.6. The predicted octanol–water partition coefficient (Wildman–Crippen LogP) is 6.61. The second-order valence-corrected chi connectivity index (χ2v) is 20.2. The molecule has 71 heavy (non-hydrogen) atoms. The monoisotopic (exact) mass is 995 g/mol. The van der Waals surface area contributed by atoms with Crippen molar-refractivity contribution in [3.63, 3.8) is 0 Å². The van der Waals surface area contributed by atoms with Gasteiger partial charge in [0.2, 0.25) is 5.79 Å². The summed E-state index contributed by atoms with van der Waals surface area (Å²) in [5, 5.41) is 26.8. The highest BCUT2D eigenvalue weighted by Gasteiger charge is 2.56. The Bertz CT molecular complexity index is 2090. The number of esters is 2. The van der Waals surface area contributed by atoms with Gasteiger partial charge in [0.05, 0.1) is 37.9 Å². The number of piperidine rings is 1. The molecule has 0 aromatic heterocycles. The number of aliphatic hydroxyl groups excluding tert-OH is 1. The lowest BCUT2D eigenvalue weighted by atomic mass is 9.81. The lowest BCUT2D eigenvalue weighted by molar-refractivity contribution is -0.302. The molecule has 1 saturated carbocycles. The van der Waals surface area contributed by atoms with Crippen molar-refractivity contribution in [1.82, 2.24) is 4.90 Å². The summed E-state index contributed by atoms with van der Waals surface area (Å²) >= 11 is 0. The molecule has 5 rings (SSSR count). The largest absolute Gasteiger partial charge is 0.469 e. The molecule has 0 spiro atoms. The zero-order chi connectivity index (χ0) is 52.2. The van der Waals surface area contributed by atoms with Crippen LogP contribution in [-0.4, -0.2) is 140 Å². The Balaban J connectivity index is 1.43. The molecule has 1 aromatic rings. The molecule has 17 nitrogen and oxygen atoms in total. The first-order valence-corrected chi connectivity index (χ1v) is 25.1. The van der Waals surface area contributed by atoms with E-state index in [0.717, 1.165) is 16.0 Å². The fourth-order valence-corrected chi connectivity index (χ4v) is 10.8. The highest BCUT2D eigenvalue weighted by molar-refractivity contribution is 6.39. The van der Waals surface area contributed by atoms with Crippen LogP contribution in [0, 0.1) is 29.6 Å². The van der Waals surface area contributed by atoms with Crippen LogP contribution in [0.3, 0.4) is 0 Å². The second kappa shape index (κ2) is 26.3.